The molecule has 35 heavy (non-hydrogen) atoms. The van der Waals surface area contributed by atoms with Gasteiger partial charge < -0.3 is 5.32 Å². The Morgan fingerprint density at radius 1 is 1.00 bits per heavy atom. The first-order valence-electron chi connectivity index (χ1n) is 12.0. The molecule has 184 valence electrons. The second-order valence-corrected chi connectivity index (χ2v) is 11.3. The number of anilines is 1. The van der Waals surface area contributed by atoms with E-state index < -0.39 is 10.0 Å². The van der Waals surface area contributed by atoms with Crippen molar-refractivity contribution in [2.45, 2.75) is 56.9 Å². The van der Waals surface area contributed by atoms with Gasteiger partial charge in [-0.3, -0.25) is 9.10 Å². The van der Waals surface area contributed by atoms with Crippen LogP contribution in [0.4, 0.5) is 5.69 Å². The van der Waals surface area contributed by atoms with Gasteiger partial charge in [-0.25, -0.2) is 8.42 Å². The number of para-hydroxylation sites is 1. The van der Waals surface area contributed by atoms with Crippen molar-refractivity contribution in [1.82, 2.24) is 5.32 Å². The Labute approximate surface area is 213 Å². The summed E-state index contributed by atoms with van der Waals surface area (Å²) in [5.74, 6) is -0.384. The number of carbonyl (C=O) groups is 1. The van der Waals surface area contributed by atoms with Crippen LogP contribution in [-0.2, 0) is 27.7 Å². The minimum absolute atomic E-state index is 0.109. The van der Waals surface area contributed by atoms with Crippen molar-refractivity contribution in [2.24, 2.45) is 0 Å². The topological polar surface area (TPSA) is 66.5 Å². The number of nitrogens with one attached hydrogen (secondary N) is 1. The zero-order chi connectivity index (χ0) is 25.0. The zero-order valence-electron chi connectivity index (χ0n) is 20.1. The number of nitrogens with zero attached hydrogens (tertiary/aromatic N) is 1. The van der Waals surface area contributed by atoms with Crippen molar-refractivity contribution in [3.8, 4) is 0 Å². The summed E-state index contributed by atoms with van der Waals surface area (Å²) >= 11 is 6.38. The summed E-state index contributed by atoms with van der Waals surface area (Å²) in [6.07, 6.45) is 5.25. The third kappa shape index (κ3) is 5.71. The minimum Gasteiger partial charge on any atom is -0.348 e. The van der Waals surface area contributed by atoms with E-state index in [1.165, 1.54) is 24.0 Å². The Bertz CT molecular complexity index is 1310. The van der Waals surface area contributed by atoms with Crippen LogP contribution in [0.25, 0.3) is 0 Å². The van der Waals surface area contributed by atoms with E-state index in [0.717, 1.165) is 28.3 Å². The van der Waals surface area contributed by atoms with Crippen molar-refractivity contribution >= 4 is 33.2 Å². The molecule has 1 unspecified atom stereocenters. The summed E-state index contributed by atoms with van der Waals surface area (Å²) in [4.78, 5) is 13.4. The van der Waals surface area contributed by atoms with Crippen LogP contribution >= 0.6 is 11.6 Å². The lowest BCUT2D eigenvalue weighted by Gasteiger charge is -2.27. The summed E-state index contributed by atoms with van der Waals surface area (Å²) < 4.78 is 28.3. The van der Waals surface area contributed by atoms with Gasteiger partial charge in [0.15, 0.2) is 0 Å². The fourth-order valence-electron chi connectivity index (χ4n) is 4.55. The molecule has 0 radical (unpaired) electrons. The largest absolute Gasteiger partial charge is 0.348 e. The Hall–Kier alpha value is -2.83. The van der Waals surface area contributed by atoms with Gasteiger partial charge in [0.25, 0.3) is 10.0 Å². The molecule has 1 N–H and O–H groups in total. The van der Waals surface area contributed by atoms with E-state index in [1.54, 1.807) is 48.5 Å². The predicted molar refractivity (Wildman–Crippen MR) is 141 cm³/mol. The van der Waals surface area contributed by atoms with Gasteiger partial charge in [0.2, 0.25) is 5.91 Å². The lowest BCUT2D eigenvalue weighted by molar-refractivity contribution is -0.120. The standard InChI is InChI=1S/C28H31ClN2O3S/c1-3-26(23-15-14-21-8-4-5-9-22(21)18-23)30-28(32)19-31(27-11-7-6-10-25(27)29)35(33,34)24-16-12-20(2)13-17-24/h6-7,10-18,26H,3-5,8-9,19H2,1-2H3,(H,30,32). The third-order valence-corrected chi connectivity index (χ3v) is 8.63. The van der Waals surface area contributed by atoms with Crippen molar-refractivity contribution < 1.29 is 13.2 Å². The van der Waals surface area contributed by atoms with E-state index in [4.69, 9.17) is 11.6 Å². The molecule has 0 aliphatic heterocycles. The average molecular weight is 511 g/mol. The molecule has 1 aliphatic carbocycles. The zero-order valence-corrected chi connectivity index (χ0v) is 21.7. The smallest absolute Gasteiger partial charge is 0.264 e. The highest BCUT2D eigenvalue weighted by Crippen LogP contribution is 2.31. The van der Waals surface area contributed by atoms with E-state index in [9.17, 15) is 13.2 Å². The number of sulfonamides is 1. The van der Waals surface area contributed by atoms with Crippen LogP contribution < -0.4 is 9.62 Å². The quantitative estimate of drug-likeness (QED) is 0.404. The summed E-state index contributed by atoms with van der Waals surface area (Å²) in [5, 5.41) is 3.32. The first-order chi connectivity index (χ1) is 16.8. The van der Waals surface area contributed by atoms with E-state index in [-0.39, 0.29) is 34.1 Å². The molecule has 5 nitrogen and oxygen atoms in total. The Kier molecular flexibility index (Phi) is 7.82. The van der Waals surface area contributed by atoms with Crippen LogP contribution in [0.2, 0.25) is 5.02 Å². The highest BCUT2D eigenvalue weighted by atomic mass is 35.5. The number of rotatable bonds is 8. The SMILES string of the molecule is CCC(NC(=O)CN(c1ccccc1Cl)S(=O)(=O)c1ccc(C)cc1)c1ccc2c(c1)CCCC2. The lowest BCUT2D eigenvalue weighted by Crippen LogP contribution is -2.42. The molecule has 0 aromatic heterocycles. The molecule has 0 saturated carbocycles. The Balaban J connectivity index is 1.61. The summed E-state index contributed by atoms with van der Waals surface area (Å²) in [7, 11) is -4.02. The van der Waals surface area contributed by atoms with E-state index in [0.29, 0.717) is 6.42 Å². The van der Waals surface area contributed by atoms with Crippen molar-refractivity contribution in [1.29, 1.82) is 0 Å². The minimum atomic E-state index is -4.02. The first-order valence-corrected chi connectivity index (χ1v) is 13.9. The van der Waals surface area contributed by atoms with E-state index in [2.05, 4.69) is 23.5 Å². The van der Waals surface area contributed by atoms with Gasteiger partial charge >= 0.3 is 0 Å². The number of hydrogen-bond donors (Lipinski definition) is 1. The molecule has 0 fully saturated rings. The first kappa shape index (κ1) is 25.3. The van der Waals surface area contributed by atoms with Gasteiger partial charge in [-0.2, -0.15) is 0 Å². The number of hydrogen-bond acceptors (Lipinski definition) is 3. The normalized spacial score (nSPS) is 14.1. The van der Waals surface area contributed by atoms with Crippen molar-refractivity contribution in [3.63, 3.8) is 0 Å². The maximum Gasteiger partial charge on any atom is 0.264 e. The third-order valence-electron chi connectivity index (χ3n) is 6.54. The maximum absolute atomic E-state index is 13.6. The predicted octanol–water partition coefficient (Wildman–Crippen LogP) is 5.99. The molecule has 1 atom stereocenters. The lowest BCUT2D eigenvalue weighted by atomic mass is 9.89. The number of fused-ring (bicyclic) bond motifs is 1. The molecular formula is C28H31ClN2O3S. The second kappa shape index (κ2) is 10.8. The molecule has 1 amide bonds. The molecular weight excluding hydrogens is 480 g/mol. The van der Waals surface area contributed by atoms with E-state index in [1.807, 2.05) is 13.8 Å². The van der Waals surface area contributed by atoms with Crippen LogP contribution in [0, 0.1) is 6.92 Å². The van der Waals surface area contributed by atoms with Crippen LogP contribution in [0.1, 0.15) is 54.5 Å². The molecule has 3 aromatic rings. The highest BCUT2D eigenvalue weighted by Gasteiger charge is 2.29. The van der Waals surface area contributed by atoms with Crippen molar-refractivity contribution in [2.75, 3.05) is 10.8 Å². The second-order valence-electron chi connectivity index (χ2n) is 9.04. The maximum atomic E-state index is 13.6. The molecule has 0 bridgehead atoms. The average Bonchev–Trinajstić information content (AvgIpc) is 2.86. The number of aryl methyl sites for hydroxylation is 3. The summed E-state index contributed by atoms with van der Waals surface area (Å²) in [6.45, 7) is 3.53. The highest BCUT2D eigenvalue weighted by molar-refractivity contribution is 7.92. The van der Waals surface area contributed by atoms with Crippen molar-refractivity contribution in [3.05, 3.63) is 94.0 Å². The molecule has 4 rings (SSSR count). The molecule has 0 heterocycles. The van der Waals surface area contributed by atoms with Crippen LogP contribution in [0.3, 0.4) is 0 Å². The van der Waals surface area contributed by atoms with Gasteiger partial charge in [0.05, 0.1) is 21.6 Å². The fourth-order valence-corrected chi connectivity index (χ4v) is 6.28. The fraction of sp³-hybridized carbons (Fsp3) is 0.321. The van der Waals surface area contributed by atoms with Crippen LogP contribution in [-0.4, -0.2) is 20.9 Å². The molecule has 0 saturated heterocycles. The molecule has 3 aromatic carbocycles. The Morgan fingerprint density at radius 3 is 2.37 bits per heavy atom. The molecule has 0 spiro atoms. The van der Waals surface area contributed by atoms with E-state index >= 15 is 0 Å². The number of amides is 1. The van der Waals surface area contributed by atoms with Gasteiger partial charge in [-0.15, -0.1) is 0 Å². The monoisotopic (exact) mass is 510 g/mol. The Morgan fingerprint density at radius 2 is 1.69 bits per heavy atom. The van der Waals surface area contributed by atoms with Gasteiger partial charge in [0, 0.05) is 0 Å². The summed E-state index contributed by atoms with van der Waals surface area (Å²) in [6, 6.07) is 19.5. The van der Waals surface area contributed by atoms with Gasteiger partial charge in [0.1, 0.15) is 6.54 Å². The van der Waals surface area contributed by atoms with Crippen LogP contribution in [0.5, 0.6) is 0 Å². The molecule has 7 heteroatoms. The summed E-state index contributed by atoms with van der Waals surface area (Å²) in [5.41, 5.74) is 5.00. The van der Waals surface area contributed by atoms with Gasteiger partial charge in [-0.1, -0.05) is 66.6 Å². The number of benzene rings is 3. The van der Waals surface area contributed by atoms with Crippen LogP contribution in [0.15, 0.2) is 71.6 Å². The van der Waals surface area contributed by atoms with Gasteiger partial charge in [-0.05, 0) is 80.0 Å². The number of halogens is 1. The molecule has 1 aliphatic rings. The number of carbonyl (C=O) groups excluding carboxylic acids is 1.